The van der Waals surface area contributed by atoms with Crippen LogP contribution < -0.4 is 5.32 Å². The number of methoxy groups -OCH3 is 1. The Hall–Kier alpha value is -1.97. The van der Waals surface area contributed by atoms with Gasteiger partial charge in [-0.3, -0.25) is 0 Å². The first-order chi connectivity index (χ1) is 13.3. The van der Waals surface area contributed by atoms with Crippen LogP contribution in [0.4, 0.5) is 16.4 Å². The Balaban J connectivity index is 0.000000500. The van der Waals surface area contributed by atoms with Crippen LogP contribution in [0.1, 0.15) is 31.2 Å². The first kappa shape index (κ1) is 26.1. The molecule has 1 aromatic carbocycles. The number of nitrogens with zero attached hydrogens (tertiary/aromatic N) is 3. The van der Waals surface area contributed by atoms with E-state index in [9.17, 15) is 0 Å². The third-order valence-electron chi connectivity index (χ3n) is 4.89. The Morgan fingerprint density at radius 1 is 1.07 bits per heavy atom. The molecular weight excluding hydrogens is 400 g/mol. The number of benzene rings is 1. The lowest BCUT2D eigenvalue weighted by Gasteiger charge is -2.34. The molecule has 8 heteroatoms. The molecule has 3 heterocycles. The second kappa shape index (κ2) is 10.9. The average molecular weight is 437 g/mol. The summed E-state index contributed by atoms with van der Waals surface area (Å²) in [6, 6.07) is 10.6. The minimum atomic E-state index is 0. The standard InChI is InChI=1S/C17H20N4S.C5H12O.2H2O/c1-12-11-13-16(21-9-7-20(2)8-10-21)18-14-5-3-4-6-15(14)19-17(13)22-12;1-5(2,3)6-4;;/h3-6,11,19H,7-10H2,1-2H3;1-4H3;2*1H2. The molecule has 168 valence electrons. The molecule has 5 N–H and O–H groups in total. The highest BCUT2D eigenvalue weighted by Gasteiger charge is 2.25. The second-order valence-corrected chi connectivity index (χ2v) is 9.54. The van der Waals surface area contributed by atoms with E-state index in [4.69, 9.17) is 9.73 Å². The Bertz CT molecular complexity index is 837. The van der Waals surface area contributed by atoms with Gasteiger partial charge >= 0.3 is 0 Å². The molecule has 0 radical (unpaired) electrons. The van der Waals surface area contributed by atoms with Crippen molar-refractivity contribution in [1.29, 1.82) is 0 Å². The highest BCUT2D eigenvalue weighted by molar-refractivity contribution is 7.16. The molecule has 1 fully saturated rings. The van der Waals surface area contributed by atoms with Crippen LogP contribution in [0, 0.1) is 6.92 Å². The van der Waals surface area contributed by atoms with Crippen molar-refractivity contribution in [1.82, 2.24) is 9.80 Å². The van der Waals surface area contributed by atoms with Crippen LogP contribution >= 0.6 is 11.3 Å². The van der Waals surface area contributed by atoms with Gasteiger partial charge in [-0.1, -0.05) is 12.1 Å². The van der Waals surface area contributed by atoms with Gasteiger partial charge in [0.25, 0.3) is 0 Å². The van der Waals surface area contributed by atoms with Crippen molar-refractivity contribution < 1.29 is 15.7 Å². The summed E-state index contributed by atoms with van der Waals surface area (Å²) in [4.78, 5) is 11.1. The summed E-state index contributed by atoms with van der Waals surface area (Å²) in [5.74, 6) is 1.12. The minimum Gasteiger partial charge on any atom is -0.412 e. The zero-order valence-electron chi connectivity index (χ0n) is 18.9. The summed E-state index contributed by atoms with van der Waals surface area (Å²) in [5.41, 5.74) is 3.40. The van der Waals surface area contributed by atoms with Crippen molar-refractivity contribution in [3.05, 3.63) is 40.8 Å². The Labute approximate surface area is 184 Å². The van der Waals surface area contributed by atoms with Gasteiger partial charge < -0.3 is 30.8 Å². The van der Waals surface area contributed by atoms with Gasteiger partial charge in [0.1, 0.15) is 10.8 Å². The van der Waals surface area contributed by atoms with E-state index >= 15 is 0 Å². The van der Waals surface area contributed by atoms with Gasteiger partial charge in [-0.15, -0.1) is 11.3 Å². The maximum Gasteiger partial charge on any atom is 0.139 e. The van der Waals surface area contributed by atoms with Crippen molar-refractivity contribution in [3.8, 4) is 0 Å². The lowest BCUT2D eigenvalue weighted by Crippen LogP contribution is -2.47. The quantitative estimate of drug-likeness (QED) is 0.685. The van der Waals surface area contributed by atoms with E-state index in [2.05, 4.69) is 59.4 Å². The molecular formula is C22H36N4O3S. The molecule has 0 unspecified atom stereocenters. The fourth-order valence-electron chi connectivity index (χ4n) is 3.01. The molecule has 1 saturated heterocycles. The average Bonchev–Trinajstić information content (AvgIpc) is 2.94. The normalized spacial score (nSPS) is 15.7. The number of likely N-dealkylation sites (N-methyl/N-ethyl adjacent to an activating group) is 1. The number of hydrogen-bond donors (Lipinski definition) is 1. The number of piperazine rings is 1. The number of amidine groups is 1. The lowest BCUT2D eigenvalue weighted by atomic mass is 10.2. The number of ether oxygens (including phenoxy) is 1. The van der Waals surface area contributed by atoms with Crippen LogP contribution in [-0.4, -0.2) is 72.5 Å². The topological polar surface area (TPSA) is 103 Å². The van der Waals surface area contributed by atoms with E-state index in [0.29, 0.717) is 0 Å². The number of para-hydroxylation sites is 2. The fraction of sp³-hybridized carbons (Fsp3) is 0.500. The number of aliphatic imine (C=N–C) groups is 1. The first-order valence-corrected chi connectivity index (χ1v) is 10.6. The SMILES string of the molecule is COC(C)(C)C.Cc1cc2c(s1)Nc1ccccc1N=C2N1CCN(C)CC1.O.O. The van der Waals surface area contributed by atoms with Crippen molar-refractivity contribution >= 4 is 33.5 Å². The van der Waals surface area contributed by atoms with Crippen LogP contribution in [0.25, 0.3) is 0 Å². The highest BCUT2D eigenvalue weighted by Crippen LogP contribution is 2.39. The number of anilines is 2. The predicted octanol–water partition coefficient (Wildman–Crippen LogP) is 3.22. The van der Waals surface area contributed by atoms with E-state index in [-0.39, 0.29) is 16.6 Å². The van der Waals surface area contributed by atoms with Crippen molar-refractivity contribution in [2.24, 2.45) is 4.99 Å². The van der Waals surface area contributed by atoms with Gasteiger partial charge in [-0.25, -0.2) is 4.99 Å². The number of nitrogens with one attached hydrogen (secondary N) is 1. The number of aryl methyl sites for hydroxylation is 1. The van der Waals surface area contributed by atoms with Gasteiger partial charge in [-0.2, -0.15) is 0 Å². The number of fused-ring (bicyclic) bond motifs is 2. The van der Waals surface area contributed by atoms with Gasteiger partial charge in [0, 0.05) is 38.2 Å². The molecule has 0 spiro atoms. The monoisotopic (exact) mass is 436 g/mol. The Kier molecular flexibility index (Phi) is 9.45. The third-order valence-corrected chi connectivity index (χ3v) is 5.86. The molecule has 30 heavy (non-hydrogen) atoms. The smallest absolute Gasteiger partial charge is 0.139 e. The van der Waals surface area contributed by atoms with Crippen LogP contribution in [0.3, 0.4) is 0 Å². The molecule has 0 amide bonds. The second-order valence-electron chi connectivity index (χ2n) is 8.28. The van der Waals surface area contributed by atoms with Crippen molar-refractivity contribution in [2.45, 2.75) is 33.3 Å². The van der Waals surface area contributed by atoms with Gasteiger partial charge in [0.2, 0.25) is 0 Å². The molecule has 0 bridgehead atoms. The molecule has 1 aromatic heterocycles. The van der Waals surface area contributed by atoms with E-state index in [0.717, 1.165) is 43.4 Å². The van der Waals surface area contributed by atoms with Crippen molar-refractivity contribution in [3.63, 3.8) is 0 Å². The Morgan fingerprint density at radius 2 is 1.67 bits per heavy atom. The van der Waals surface area contributed by atoms with Crippen LogP contribution in [-0.2, 0) is 4.74 Å². The molecule has 0 aliphatic carbocycles. The third kappa shape index (κ3) is 6.52. The highest BCUT2D eigenvalue weighted by atomic mass is 32.1. The van der Waals surface area contributed by atoms with Crippen LogP contribution in [0.2, 0.25) is 0 Å². The first-order valence-electron chi connectivity index (χ1n) is 9.81. The number of rotatable bonds is 0. The predicted molar refractivity (Wildman–Crippen MR) is 128 cm³/mol. The molecule has 2 aromatic rings. The zero-order valence-corrected chi connectivity index (χ0v) is 19.7. The molecule has 0 atom stereocenters. The molecule has 0 saturated carbocycles. The molecule has 7 nitrogen and oxygen atoms in total. The van der Waals surface area contributed by atoms with E-state index in [1.54, 1.807) is 18.4 Å². The summed E-state index contributed by atoms with van der Waals surface area (Å²) in [6.07, 6.45) is 0. The summed E-state index contributed by atoms with van der Waals surface area (Å²) in [7, 11) is 3.89. The van der Waals surface area contributed by atoms with E-state index in [1.807, 2.05) is 20.8 Å². The van der Waals surface area contributed by atoms with Gasteiger partial charge in [0.05, 0.1) is 22.5 Å². The van der Waals surface area contributed by atoms with E-state index < -0.39 is 0 Å². The van der Waals surface area contributed by atoms with Crippen molar-refractivity contribution in [2.75, 3.05) is 45.7 Å². The number of thiophene rings is 1. The minimum absolute atomic E-state index is 0. The van der Waals surface area contributed by atoms with E-state index in [1.165, 1.54) is 15.4 Å². The summed E-state index contributed by atoms with van der Waals surface area (Å²) < 4.78 is 4.94. The van der Waals surface area contributed by atoms with Crippen LogP contribution in [0.15, 0.2) is 35.3 Å². The molecule has 2 aliphatic rings. The largest absolute Gasteiger partial charge is 0.412 e. The van der Waals surface area contributed by atoms with Gasteiger partial charge in [0.15, 0.2) is 0 Å². The summed E-state index contributed by atoms with van der Waals surface area (Å²) >= 11 is 1.81. The summed E-state index contributed by atoms with van der Waals surface area (Å²) in [5, 5.41) is 4.78. The summed E-state index contributed by atoms with van der Waals surface area (Å²) in [6.45, 7) is 12.5. The Morgan fingerprint density at radius 3 is 2.27 bits per heavy atom. The zero-order chi connectivity index (χ0) is 20.3. The molecule has 4 rings (SSSR count). The maximum absolute atomic E-state index is 5.01. The number of hydrogen-bond acceptors (Lipinski definition) is 6. The fourth-order valence-corrected chi connectivity index (χ4v) is 3.93. The molecule has 2 aliphatic heterocycles. The lowest BCUT2D eigenvalue weighted by molar-refractivity contribution is 0.0397. The maximum atomic E-state index is 5.01. The van der Waals surface area contributed by atoms with Crippen LogP contribution in [0.5, 0.6) is 0 Å². The van der Waals surface area contributed by atoms with Gasteiger partial charge in [-0.05, 0) is 52.9 Å².